The number of nitrogens with one attached hydrogen (secondary N) is 1. The van der Waals surface area contributed by atoms with Gasteiger partial charge in [-0.15, -0.1) is 0 Å². The van der Waals surface area contributed by atoms with Crippen molar-refractivity contribution in [2.24, 2.45) is 5.92 Å². The molecule has 9 heteroatoms. The van der Waals surface area contributed by atoms with Crippen LogP contribution in [-0.4, -0.2) is 81.3 Å². The van der Waals surface area contributed by atoms with Gasteiger partial charge in [-0.3, -0.25) is 14.5 Å². The van der Waals surface area contributed by atoms with Gasteiger partial charge >= 0.3 is 0 Å². The number of carbonyl (C=O) groups is 2. The van der Waals surface area contributed by atoms with E-state index in [-0.39, 0.29) is 48.9 Å². The van der Waals surface area contributed by atoms with Gasteiger partial charge in [-0.2, -0.15) is 0 Å². The van der Waals surface area contributed by atoms with Gasteiger partial charge in [0.15, 0.2) is 0 Å². The highest BCUT2D eigenvalue weighted by molar-refractivity contribution is 5.98. The Morgan fingerprint density at radius 2 is 1.92 bits per heavy atom. The standard InChI is InChI=1S/C27H36FN3O5/c1-18-13-31(14-20-8-6-7-9-23(20)28)19(2)16-36-24-12-21(29-26(32)17-34-4)10-11-22(24)27(33)30(3)15-25(18)35-5/h6-12,18-19,25H,13-17H2,1-5H3,(H,29,32)/t18-,19-,25-/m1/s1. The van der Waals surface area contributed by atoms with Crippen LogP contribution in [0.5, 0.6) is 5.75 Å². The van der Waals surface area contributed by atoms with Crippen molar-refractivity contribution < 1.29 is 28.2 Å². The molecule has 0 radical (unpaired) electrons. The Kier molecular flexibility index (Phi) is 9.81. The van der Waals surface area contributed by atoms with Crippen LogP contribution in [-0.2, 0) is 20.8 Å². The summed E-state index contributed by atoms with van der Waals surface area (Å²) in [5.41, 5.74) is 1.49. The van der Waals surface area contributed by atoms with Crippen LogP contribution in [0.4, 0.5) is 10.1 Å². The van der Waals surface area contributed by atoms with Crippen LogP contribution in [0.3, 0.4) is 0 Å². The molecule has 1 aliphatic rings. The summed E-state index contributed by atoms with van der Waals surface area (Å²) >= 11 is 0. The highest BCUT2D eigenvalue weighted by Crippen LogP contribution is 2.27. The minimum absolute atomic E-state index is 0.0664. The van der Waals surface area contributed by atoms with Gasteiger partial charge < -0.3 is 24.4 Å². The lowest BCUT2D eigenvalue weighted by Crippen LogP contribution is -2.46. The molecule has 0 unspecified atom stereocenters. The van der Waals surface area contributed by atoms with E-state index in [1.807, 2.05) is 13.0 Å². The number of methoxy groups -OCH3 is 2. The summed E-state index contributed by atoms with van der Waals surface area (Å²) in [7, 11) is 4.81. The number of ether oxygens (including phenoxy) is 3. The van der Waals surface area contributed by atoms with Crippen molar-refractivity contribution in [3.63, 3.8) is 0 Å². The van der Waals surface area contributed by atoms with Crippen LogP contribution >= 0.6 is 0 Å². The molecule has 2 amide bonds. The molecule has 0 aromatic heterocycles. The molecule has 0 saturated heterocycles. The maximum absolute atomic E-state index is 14.5. The van der Waals surface area contributed by atoms with Crippen molar-refractivity contribution in [3.05, 3.63) is 59.4 Å². The molecule has 0 fully saturated rings. The fraction of sp³-hybridized carbons (Fsp3) is 0.481. The van der Waals surface area contributed by atoms with Crippen LogP contribution < -0.4 is 10.1 Å². The Morgan fingerprint density at radius 3 is 2.61 bits per heavy atom. The van der Waals surface area contributed by atoms with Crippen molar-refractivity contribution in [2.75, 3.05) is 52.9 Å². The molecule has 1 aliphatic heterocycles. The summed E-state index contributed by atoms with van der Waals surface area (Å²) in [4.78, 5) is 29.1. The highest BCUT2D eigenvalue weighted by Gasteiger charge is 2.29. The number of anilines is 1. The third-order valence-electron chi connectivity index (χ3n) is 6.47. The third kappa shape index (κ3) is 7.02. The molecule has 3 rings (SSSR count). The predicted molar refractivity (Wildman–Crippen MR) is 136 cm³/mol. The molecule has 1 heterocycles. The number of hydrogen-bond acceptors (Lipinski definition) is 6. The first-order valence-corrected chi connectivity index (χ1v) is 12.0. The average Bonchev–Trinajstić information content (AvgIpc) is 2.85. The van der Waals surface area contributed by atoms with E-state index >= 15 is 0 Å². The maximum Gasteiger partial charge on any atom is 0.257 e. The number of hydrogen-bond donors (Lipinski definition) is 1. The fourth-order valence-corrected chi connectivity index (χ4v) is 4.32. The van der Waals surface area contributed by atoms with Gasteiger partial charge in [0.25, 0.3) is 5.91 Å². The Bertz CT molecular complexity index is 1050. The molecule has 0 bridgehead atoms. The monoisotopic (exact) mass is 501 g/mol. The SMILES string of the molecule is COCC(=O)Nc1ccc2c(c1)OC[C@@H](C)N(Cc1ccccc1F)C[C@@H](C)[C@H](OC)CN(C)C2=O. The molecule has 1 N–H and O–H groups in total. The van der Waals surface area contributed by atoms with Gasteiger partial charge in [0.1, 0.15) is 24.8 Å². The Morgan fingerprint density at radius 1 is 1.17 bits per heavy atom. The van der Waals surface area contributed by atoms with E-state index in [2.05, 4.69) is 17.1 Å². The van der Waals surface area contributed by atoms with Crippen molar-refractivity contribution in [1.82, 2.24) is 9.80 Å². The van der Waals surface area contributed by atoms with Gasteiger partial charge in [-0.05, 0) is 31.0 Å². The van der Waals surface area contributed by atoms with E-state index < -0.39 is 0 Å². The van der Waals surface area contributed by atoms with Gasteiger partial charge in [-0.25, -0.2) is 4.39 Å². The normalized spacial score (nSPS) is 21.7. The first-order valence-electron chi connectivity index (χ1n) is 12.0. The van der Waals surface area contributed by atoms with E-state index in [1.165, 1.54) is 13.2 Å². The topological polar surface area (TPSA) is 80.3 Å². The minimum atomic E-state index is -0.310. The highest BCUT2D eigenvalue weighted by atomic mass is 19.1. The number of benzene rings is 2. The first kappa shape index (κ1) is 27.6. The lowest BCUT2D eigenvalue weighted by Gasteiger charge is -2.36. The molecule has 196 valence electrons. The van der Waals surface area contributed by atoms with E-state index in [1.54, 1.807) is 49.4 Å². The second-order valence-electron chi connectivity index (χ2n) is 9.31. The molecule has 0 spiro atoms. The molecule has 2 aromatic carbocycles. The number of nitrogens with zero attached hydrogens (tertiary/aromatic N) is 2. The van der Waals surface area contributed by atoms with Gasteiger partial charge in [0.2, 0.25) is 5.91 Å². The van der Waals surface area contributed by atoms with E-state index in [9.17, 15) is 14.0 Å². The van der Waals surface area contributed by atoms with Crippen molar-refractivity contribution in [1.29, 1.82) is 0 Å². The number of fused-ring (bicyclic) bond motifs is 1. The zero-order chi connectivity index (χ0) is 26.2. The molecule has 0 saturated carbocycles. The first-order chi connectivity index (χ1) is 17.2. The van der Waals surface area contributed by atoms with Crippen LogP contribution in [0.15, 0.2) is 42.5 Å². The minimum Gasteiger partial charge on any atom is -0.491 e. The average molecular weight is 502 g/mol. The van der Waals surface area contributed by atoms with E-state index in [0.717, 1.165) is 0 Å². The number of amides is 2. The largest absolute Gasteiger partial charge is 0.491 e. The van der Waals surface area contributed by atoms with Gasteiger partial charge in [0.05, 0.1) is 11.7 Å². The molecule has 2 aromatic rings. The second-order valence-corrected chi connectivity index (χ2v) is 9.31. The quantitative estimate of drug-likeness (QED) is 0.654. The fourth-order valence-electron chi connectivity index (χ4n) is 4.32. The van der Waals surface area contributed by atoms with Crippen molar-refractivity contribution in [2.45, 2.75) is 32.5 Å². The second kappa shape index (κ2) is 12.8. The van der Waals surface area contributed by atoms with Crippen molar-refractivity contribution in [3.8, 4) is 5.75 Å². The Labute approximate surface area is 212 Å². The number of halogens is 1. The Balaban J connectivity index is 1.94. The van der Waals surface area contributed by atoms with E-state index in [4.69, 9.17) is 14.2 Å². The van der Waals surface area contributed by atoms with E-state index in [0.29, 0.717) is 42.2 Å². The van der Waals surface area contributed by atoms with Gasteiger partial charge in [0, 0.05) is 64.3 Å². The lowest BCUT2D eigenvalue weighted by molar-refractivity contribution is -0.119. The zero-order valence-corrected chi connectivity index (χ0v) is 21.6. The van der Waals surface area contributed by atoms with Crippen LogP contribution in [0.25, 0.3) is 0 Å². The van der Waals surface area contributed by atoms with Crippen molar-refractivity contribution >= 4 is 17.5 Å². The van der Waals surface area contributed by atoms with Gasteiger partial charge in [-0.1, -0.05) is 25.1 Å². The number of carbonyl (C=O) groups excluding carboxylic acids is 2. The summed E-state index contributed by atoms with van der Waals surface area (Å²) in [5, 5.41) is 2.75. The molecule has 8 nitrogen and oxygen atoms in total. The van der Waals surface area contributed by atoms with Crippen LogP contribution in [0.2, 0.25) is 0 Å². The smallest absolute Gasteiger partial charge is 0.257 e. The Hall–Kier alpha value is -3.01. The maximum atomic E-state index is 14.5. The molecular weight excluding hydrogens is 465 g/mol. The molecule has 0 aliphatic carbocycles. The summed E-state index contributed by atoms with van der Waals surface area (Å²) in [5.74, 6) is -0.334. The zero-order valence-electron chi connectivity index (χ0n) is 21.6. The van der Waals surface area contributed by atoms with Crippen LogP contribution in [0, 0.1) is 11.7 Å². The number of rotatable bonds is 6. The summed E-state index contributed by atoms with van der Waals surface area (Å²) < 4.78 is 31.3. The third-order valence-corrected chi connectivity index (χ3v) is 6.47. The molecule has 36 heavy (non-hydrogen) atoms. The predicted octanol–water partition coefficient (Wildman–Crippen LogP) is 3.42. The van der Waals surface area contributed by atoms with Crippen LogP contribution in [0.1, 0.15) is 29.8 Å². The molecule has 3 atom stereocenters. The summed E-state index contributed by atoms with van der Waals surface area (Å²) in [6.45, 7) is 5.68. The lowest BCUT2D eigenvalue weighted by atomic mass is 10.0. The number of likely N-dealkylation sites (N-methyl/N-ethyl adjacent to an activating group) is 1. The molecular formula is C27H36FN3O5. The summed E-state index contributed by atoms with van der Waals surface area (Å²) in [6, 6.07) is 11.6. The summed E-state index contributed by atoms with van der Waals surface area (Å²) in [6.07, 6.45) is -0.217.